The van der Waals surface area contributed by atoms with E-state index in [1.54, 1.807) is 24.3 Å². The second kappa shape index (κ2) is 7.22. The van der Waals surface area contributed by atoms with Crippen molar-refractivity contribution in [1.29, 1.82) is 0 Å². The van der Waals surface area contributed by atoms with E-state index in [-0.39, 0.29) is 11.9 Å². The van der Waals surface area contributed by atoms with Gasteiger partial charge in [0.25, 0.3) is 5.91 Å². The van der Waals surface area contributed by atoms with E-state index in [0.29, 0.717) is 23.8 Å². The number of ether oxygens (including phenoxy) is 1. The van der Waals surface area contributed by atoms with Gasteiger partial charge in [0.1, 0.15) is 0 Å². The van der Waals surface area contributed by atoms with Gasteiger partial charge in [0, 0.05) is 5.69 Å². The summed E-state index contributed by atoms with van der Waals surface area (Å²) >= 11 is 0. The molecule has 0 bridgehead atoms. The summed E-state index contributed by atoms with van der Waals surface area (Å²) in [5.74, 6) is -0.357. The van der Waals surface area contributed by atoms with E-state index in [1.165, 1.54) is 31.3 Å². The molecule has 1 aliphatic rings. The number of amides is 1. The molecule has 114 valence electrons. The maximum atomic E-state index is 12.1. The van der Waals surface area contributed by atoms with Crippen LogP contribution in [-0.4, -0.2) is 38.1 Å². The van der Waals surface area contributed by atoms with E-state index in [4.69, 9.17) is 0 Å². The highest BCUT2D eigenvalue weighted by Gasteiger charge is 2.24. The van der Waals surface area contributed by atoms with Crippen molar-refractivity contribution < 1.29 is 19.2 Å². The van der Waals surface area contributed by atoms with Gasteiger partial charge < -0.3 is 15.0 Å². The van der Waals surface area contributed by atoms with Crippen LogP contribution in [0.4, 0.5) is 5.69 Å². The zero-order valence-electron chi connectivity index (χ0n) is 12.6. The lowest BCUT2D eigenvalue weighted by atomic mass is 10.0. The molecule has 0 saturated carbocycles. The average Bonchev–Trinajstić information content (AvgIpc) is 2.49. The Morgan fingerprint density at radius 3 is 2.62 bits per heavy atom. The Kier molecular flexibility index (Phi) is 5.33. The van der Waals surface area contributed by atoms with Crippen LogP contribution in [0.2, 0.25) is 0 Å². The lowest BCUT2D eigenvalue weighted by molar-refractivity contribution is -0.920. The Hall–Kier alpha value is -1.88. The van der Waals surface area contributed by atoms with Crippen LogP contribution in [-0.2, 0) is 9.53 Å². The molecule has 1 saturated heterocycles. The number of hydrogen-bond acceptors (Lipinski definition) is 3. The molecule has 0 aromatic heterocycles. The van der Waals surface area contributed by atoms with Gasteiger partial charge in [-0.1, -0.05) is 0 Å². The summed E-state index contributed by atoms with van der Waals surface area (Å²) in [4.78, 5) is 24.8. The molecule has 1 unspecified atom stereocenters. The SMILES string of the molecule is COC(=O)c1ccc(NC(=O)C[NH+]2CCCC[C@H]2C)cc1. The van der Waals surface area contributed by atoms with Crippen molar-refractivity contribution in [3.05, 3.63) is 29.8 Å². The number of carbonyl (C=O) groups is 2. The summed E-state index contributed by atoms with van der Waals surface area (Å²) in [5.41, 5.74) is 1.18. The number of hydrogen-bond donors (Lipinski definition) is 2. The third-order valence-electron chi connectivity index (χ3n) is 4.06. The second-order valence-corrected chi connectivity index (χ2v) is 5.60. The number of methoxy groups -OCH3 is 1. The van der Waals surface area contributed by atoms with E-state index in [9.17, 15) is 9.59 Å². The van der Waals surface area contributed by atoms with Crippen LogP contribution in [0.25, 0.3) is 0 Å². The van der Waals surface area contributed by atoms with Crippen LogP contribution in [0.3, 0.4) is 0 Å². The maximum absolute atomic E-state index is 12.1. The summed E-state index contributed by atoms with van der Waals surface area (Å²) in [6.07, 6.45) is 3.65. The lowest BCUT2D eigenvalue weighted by Crippen LogP contribution is -3.17. The zero-order valence-corrected chi connectivity index (χ0v) is 12.6. The molecular formula is C16H23N2O3+. The van der Waals surface area contributed by atoms with Crippen molar-refractivity contribution in [3.63, 3.8) is 0 Å². The molecule has 1 heterocycles. The summed E-state index contributed by atoms with van der Waals surface area (Å²) in [7, 11) is 1.35. The Morgan fingerprint density at radius 1 is 1.29 bits per heavy atom. The van der Waals surface area contributed by atoms with E-state index in [0.717, 1.165) is 6.54 Å². The molecule has 1 fully saturated rings. The number of likely N-dealkylation sites (tertiary alicyclic amines) is 1. The monoisotopic (exact) mass is 291 g/mol. The third kappa shape index (κ3) is 4.29. The molecule has 2 atom stereocenters. The fraction of sp³-hybridized carbons (Fsp3) is 0.500. The first-order chi connectivity index (χ1) is 10.1. The normalized spacial score (nSPS) is 21.6. The molecule has 1 aromatic rings. The molecule has 5 nitrogen and oxygen atoms in total. The highest BCUT2D eigenvalue weighted by Crippen LogP contribution is 2.10. The smallest absolute Gasteiger partial charge is 0.337 e. The lowest BCUT2D eigenvalue weighted by Gasteiger charge is -2.29. The Balaban J connectivity index is 1.88. The standard InChI is InChI=1S/C16H22N2O3/c1-12-5-3-4-10-18(12)11-15(19)17-14-8-6-13(7-9-14)16(20)21-2/h6-9,12H,3-5,10-11H2,1-2H3,(H,17,19)/p+1/t12-/m1/s1. The van der Waals surface area contributed by atoms with Gasteiger partial charge in [0.2, 0.25) is 0 Å². The summed E-state index contributed by atoms with van der Waals surface area (Å²) in [6, 6.07) is 7.29. The fourth-order valence-corrected chi connectivity index (χ4v) is 2.73. The Morgan fingerprint density at radius 2 is 2.00 bits per heavy atom. The van der Waals surface area contributed by atoms with E-state index >= 15 is 0 Å². The van der Waals surface area contributed by atoms with Crippen molar-refractivity contribution in [2.24, 2.45) is 0 Å². The number of nitrogens with one attached hydrogen (secondary N) is 2. The van der Waals surface area contributed by atoms with E-state index < -0.39 is 0 Å². The molecule has 0 radical (unpaired) electrons. The summed E-state index contributed by atoms with van der Waals surface area (Å²) in [6.45, 7) is 3.77. The first kappa shape index (κ1) is 15.5. The number of quaternary nitrogens is 1. The quantitative estimate of drug-likeness (QED) is 0.809. The molecular weight excluding hydrogens is 268 g/mol. The van der Waals surface area contributed by atoms with Gasteiger partial charge in [-0.25, -0.2) is 4.79 Å². The molecule has 0 spiro atoms. The van der Waals surface area contributed by atoms with Crippen LogP contribution >= 0.6 is 0 Å². The predicted octanol–water partition coefficient (Wildman–Crippen LogP) is 0.869. The summed E-state index contributed by atoms with van der Waals surface area (Å²) in [5, 5.41) is 2.88. The number of piperidine rings is 1. The van der Waals surface area contributed by atoms with Crippen LogP contribution < -0.4 is 10.2 Å². The van der Waals surface area contributed by atoms with Gasteiger partial charge in [-0.2, -0.15) is 0 Å². The molecule has 5 heteroatoms. The minimum atomic E-state index is -0.375. The number of benzene rings is 1. The maximum Gasteiger partial charge on any atom is 0.337 e. The van der Waals surface area contributed by atoms with Gasteiger partial charge in [-0.15, -0.1) is 0 Å². The molecule has 1 aromatic carbocycles. The van der Waals surface area contributed by atoms with Gasteiger partial charge >= 0.3 is 5.97 Å². The highest BCUT2D eigenvalue weighted by atomic mass is 16.5. The molecule has 21 heavy (non-hydrogen) atoms. The minimum Gasteiger partial charge on any atom is -0.465 e. The number of rotatable bonds is 4. The van der Waals surface area contributed by atoms with Crippen LogP contribution in [0.1, 0.15) is 36.5 Å². The van der Waals surface area contributed by atoms with Crippen molar-refractivity contribution in [3.8, 4) is 0 Å². The Labute approximate surface area is 125 Å². The van der Waals surface area contributed by atoms with Crippen molar-refractivity contribution in [2.75, 3.05) is 25.5 Å². The third-order valence-corrected chi connectivity index (χ3v) is 4.06. The molecule has 0 aliphatic carbocycles. The highest BCUT2D eigenvalue weighted by molar-refractivity contribution is 5.93. The summed E-state index contributed by atoms with van der Waals surface area (Å²) < 4.78 is 4.64. The largest absolute Gasteiger partial charge is 0.465 e. The fourth-order valence-electron chi connectivity index (χ4n) is 2.73. The second-order valence-electron chi connectivity index (χ2n) is 5.60. The van der Waals surface area contributed by atoms with Crippen LogP contribution in [0.5, 0.6) is 0 Å². The molecule has 1 amide bonds. The first-order valence-corrected chi connectivity index (χ1v) is 7.43. The average molecular weight is 291 g/mol. The number of esters is 1. The van der Waals surface area contributed by atoms with Gasteiger partial charge in [0.15, 0.2) is 6.54 Å². The first-order valence-electron chi connectivity index (χ1n) is 7.43. The van der Waals surface area contributed by atoms with Crippen LogP contribution in [0, 0.1) is 0 Å². The minimum absolute atomic E-state index is 0.0181. The van der Waals surface area contributed by atoms with Gasteiger partial charge in [0.05, 0.1) is 25.3 Å². The topological polar surface area (TPSA) is 59.8 Å². The van der Waals surface area contributed by atoms with E-state index in [2.05, 4.69) is 17.0 Å². The molecule has 1 aliphatic heterocycles. The van der Waals surface area contributed by atoms with Crippen molar-refractivity contribution in [2.45, 2.75) is 32.2 Å². The molecule has 2 rings (SSSR count). The van der Waals surface area contributed by atoms with Crippen molar-refractivity contribution in [1.82, 2.24) is 0 Å². The van der Waals surface area contributed by atoms with E-state index in [1.807, 2.05) is 0 Å². The van der Waals surface area contributed by atoms with Gasteiger partial charge in [-0.3, -0.25) is 4.79 Å². The Bertz CT molecular complexity index is 499. The van der Waals surface area contributed by atoms with Crippen molar-refractivity contribution >= 4 is 17.6 Å². The van der Waals surface area contributed by atoms with Gasteiger partial charge in [-0.05, 0) is 50.5 Å². The predicted molar refractivity (Wildman–Crippen MR) is 80.4 cm³/mol. The zero-order chi connectivity index (χ0) is 15.2. The molecule has 2 N–H and O–H groups in total. The van der Waals surface area contributed by atoms with Crippen LogP contribution in [0.15, 0.2) is 24.3 Å². The number of carbonyl (C=O) groups excluding carboxylic acids is 2. The number of anilines is 1.